The predicted molar refractivity (Wildman–Crippen MR) is 66.9 cm³/mol. The first-order valence-corrected chi connectivity index (χ1v) is 6.24. The van der Waals surface area contributed by atoms with E-state index in [2.05, 4.69) is 4.84 Å². The Morgan fingerprint density at radius 3 is 2.78 bits per heavy atom. The second kappa shape index (κ2) is 6.36. The van der Waals surface area contributed by atoms with Gasteiger partial charge in [0.1, 0.15) is 5.60 Å². The van der Waals surface area contributed by atoms with Gasteiger partial charge >= 0.3 is 6.09 Å². The molecule has 0 aromatic rings. The standard InChI is InChI=1S/C12H24N2O4/c1-9(8-17-13)10-7-14(5-6-16-10)11(15)18-12(2,3)4/h9-10H,5-8,13H2,1-4H3. The molecule has 6 heteroatoms. The molecule has 1 aliphatic heterocycles. The van der Waals surface area contributed by atoms with Crippen LogP contribution in [-0.2, 0) is 14.3 Å². The zero-order chi connectivity index (χ0) is 13.8. The first-order chi connectivity index (χ1) is 8.33. The van der Waals surface area contributed by atoms with Gasteiger partial charge in [-0.05, 0) is 20.8 Å². The van der Waals surface area contributed by atoms with Gasteiger partial charge in [-0.1, -0.05) is 6.92 Å². The molecule has 1 saturated heterocycles. The number of nitrogens with zero attached hydrogens (tertiary/aromatic N) is 1. The van der Waals surface area contributed by atoms with Gasteiger partial charge in [0.2, 0.25) is 0 Å². The highest BCUT2D eigenvalue weighted by Crippen LogP contribution is 2.17. The molecular formula is C12H24N2O4. The summed E-state index contributed by atoms with van der Waals surface area (Å²) in [5.74, 6) is 5.19. The number of morpholine rings is 1. The zero-order valence-corrected chi connectivity index (χ0v) is 11.6. The van der Waals surface area contributed by atoms with E-state index in [0.29, 0.717) is 26.3 Å². The van der Waals surface area contributed by atoms with Crippen molar-refractivity contribution < 1.29 is 19.1 Å². The van der Waals surface area contributed by atoms with Crippen LogP contribution >= 0.6 is 0 Å². The average Bonchev–Trinajstić information content (AvgIpc) is 2.27. The van der Waals surface area contributed by atoms with Crippen molar-refractivity contribution in [3.8, 4) is 0 Å². The van der Waals surface area contributed by atoms with Crippen molar-refractivity contribution in [3.63, 3.8) is 0 Å². The van der Waals surface area contributed by atoms with E-state index >= 15 is 0 Å². The second-order valence-corrected chi connectivity index (χ2v) is 5.65. The zero-order valence-electron chi connectivity index (χ0n) is 11.6. The minimum absolute atomic E-state index is 0.0604. The normalized spacial score (nSPS) is 22.7. The summed E-state index contributed by atoms with van der Waals surface area (Å²) in [6.45, 7) is 9.54. The molecule has 18 heavy (non-hydrogen) atoms. The topological polar surface area (TPSA) is 74.0 Å². The number of hydrogen-bond acceptors (Lipinski definition) is 5. The molecule has 0 aromatic heterocycles. The SMILES string of the molecule is CC(CON)C1CN(C(=O)OC(C)(C)C)CCO1. The van der Waals surface area contributed by atoms with Crippen LogP contribution < -0.4 is 5.90 Å². The van der Waals surface area contributed by atoms with Gasteiger partial charge in [-0.15, -0.1) is 0 Å². The van der Waals surface area contributed by atoms with Crippen molar-refractivity contribution in [3.05, 3.63) is 0 Å². The molecule has 1 heterocycles. The summed E-state index contributed by atoms with van der Waals surface area (Å²) in [6.07, 6.45) is -0.355. The van der Waals surface area contributed by atoms with Crippen LogP contribution in [0.15, 0.2) is 0 Å². The molecular weight excluding hydrogens is 236 g/mol. The lowest BCUT2D eigenvalue weighted by molar-refractivity contribution is -0.0746. The van der Waals surface area contributed by atoms with Crippen LogP contribution in [-0.4, -0.2) is 49.0 Å². The maximum Gasteiger partial charge on any atom is 0.410 e. The van der Waals surface area contributed by atoms with Crippen molar-refractivity contribution in [2.75, 3.05) is 26.3 Å². The third-order valence-corrected chi connectivity index (χ3v) is 2.74. The molecule has 2 N–H and O–H groups in total. The third-order valence-electron chi connectivity index (χ3n) is 2.74. The molecule has 1 amide bonds. The maximum absolute atomic E-state index is 11.9. The molecule has 0 spiro atoms. The van der Waals surface area contributed by atoms with Gasteiger partial charge in [0, 0.05) is 12.5 Å². The van der Waals surface area contributed by atoms with Crippen LogP contribution in [0.1, 0.15) is 27.7 Å². The quantitative estimate of drug-likeness (QED) is 0.770. The van der Waals surface area contributed by atoms with Gasteiger partial charge in [-0.2, -0.15) is 0 Å². The number of ether oxygens (including phenoxy) is 2. The van der Waals surface area contributed by atoms with Crippen LogP contribution in [0.3, 0.4) is 0 Å². The number of nitrogens with two attached hydrogens (primary N) is 1. The molecule has 1 fully saturated rings. The number of carbonyl (C=O) groups excluding carboxylic acids is 1. The van der Waals surface area contributed by atoms with Gasteiger partial charge < -0.3 is 19.2 Å². The Balaban J connectivity index is 2.50. The Kier molecular flexibility index (Phi) is 5.37. The van der Waals surface area contributed by atoms with Gasteiger partial charge in [-0.3, -0.25) is 0 Å². The van der Waals surface area contributed by atoms with E-state index in [1.165, 1.54) is 0 Å². The Morgan fingerprint density at radius 1 is 1.56 bits per heavy atom. The molecule has 6 nitrogen and oxygen atoms in total. The molecule has 106 valence electrons. The van der Waals surface area contributed by atoms with Gasteiger partial charge in [0.25, 0.3) is 0 Å². The van der Waals surface area contributed by atoms with Crippen LogP contribution in [0.25, 0.3) is 0 Å². The molecule has 1 aliphatic rings. The predicted octanol–water partition coefficient (Wildman–Crippen LogP) is 1.15. The second-order valence-electron chi connectivity index (χ2n) is 5.65. The van der Waals surface area contributed by atoms with Gasteiger partial charge in [0.15, 0.2) is 0 Å². The Bertz CT molecular complexity index is 278. The van der Waals surface area contributed by atoms with E-state index in [0.717, 1.165) is 0 Å². The molecule has 1 rings (SSSR count). The summed E-state index contributed by atoms with van der Waals surface area (Å²) in [7, 11) is 0. The first-order valence-electron chi connectivity index (χ1n) is 6.24. The highest BCUT2D eigenvalue weighted by Gasteiger charge is 2.30. The summed E-state index contributed by atoms with van der Waals surface area (Å²) in [4.78, 5) is 18.2. The van der Waals surface area contributed by atoms with Gasteiger partial charge in [0.05, 0.1) is 25.9 Å². The monoisotopic (exact) mass is 260 g/mol. The maximum atomic E-state index is 11.9. The highest BCUT2D eigenvalue weighted by molar-refractivity contribution is 5.68. The molecule has 0 bridgehead atoms. The number of rotatable bonds is 3. The summed E-state index contributed by atoms with van der Waals surface area (Å²) in [5, 5.41) is 0. The highest BCUT2D eigenvalue weighted by atomic mass is 16.6. The largest absolute Gasteiger partial charge is 0.444 e. The van der Waals surface area contributed by atoms with E-state index in [-0.39, 0.29) is 18.1 Å². The lowest BCUT2D eigenvalue weighted by Crippen LogP contribution is -2.50. The van der Waals surface area contributed by atoms with Crippen molar-refractivity contribution in [1.29, 1.82) is 0 Å². The summed E-state index contributed by atoms with van der Waals surface area (Å²) < 4.78 is 11.0. The number of amides is 1. The van der Waals surface area contributed by atoms with E-state index < -0.39 is 5.60 Å². The van der Waals surface area contributed by atoms with Crippen molar-refractivity contribution in [2.24, 2.45) is 11.8 Å². The lowest BCUT2D eigenvalue weighted by atomic mass is 10.0. The van der Waals surface area contributed by atoms with Crippen molar-refractivity contribution >= 4 is 6.09 Å². The average molecular weight is 260 g/mol. The third kappa shape index (κ3) is 4.80. The van der Waals surface area contributed by atoms with Gasteiger partial charge in [-0.25, -0.2) is 10.7 Å². The Hall–Kier alpha value is -0.850. The number of carbonyl (C=O) groups is 1. The van der Waals surface area contributed by atoms with Crippen molar-refractivity contribution in [2.45, 2.75) is 39.4 Å². The van der Waals surface area contributed by atoms with E-state index in [9.17, 15) is 4.79 Å². The summed E-state index contributed by atoms with van der Waals surface area (Å²) in [6, 6.07) is 0. The molecule has 2 atom stereocenters. The molecule has 0 aromatic carbocycles. The minimum atomic E-state index is -0.475. The Morgan fingerprint density at radius 2 is 2.22 bits per heavy atom. The van der Waals surface area contributed by atoms with E-state index in [1.807, 2.05) is 27.7 Å². The van der Waals surface area contributed by atoms with Crippen LogP contribution in [0.4, 0.5) is 4.79 Å². The fraction of sp³-hybridized carbons (Fsp3) is 0.917. The Labute approximate surface area is 108 Å². The molecule has 0 aliphatic carbocycles. The first kappa shape index (κ1) is 15.2. The lowest BCUT2D eigenvalue weighted by Gasteiger charge is -2.36. The van der Waals surface area contributed by atoms with Crippen LogP contribution in [0.5, 0.6) is 0 Å². The number of hydrogen-bond donors (Lipinski definition) is 1. The van der Waals surface area contributed by atoms with Crippen molar-refractivity contribution in [1.82, 2.24) is 4.90 Å². The van der Waals surface area contributed by atoms with Crippen LogP contribution in [0.2, 0.25) is 0 Å². The minimum Gasteiger partial charge on any atom is -0.444 e. The van der Waals surface area contributed by atoms with Crippen LogP contribution in [0, 0.1) is 5.92 Å². The fourth-order valence-electron chi connectivity index (χ4n) is 1.77. The molecule has 0 saturated carbocycles. The summed E-state index contributed by atoms with van der Waals surface area (Å²) in [5.41, 5.74) is -0.475. The smallest absolute Gasteiger partial charge is 0.410 e. The molecule has 0 radical (unpaired) electrons. The van der Waals surface area contributed by atoms with E-state index in [1.54, 1.807) is 4.90 Å². The fourth-order valence-corrected chi connectivity index (χ4v) is 1.77. The summed E-state index contributed by atoms with van der Waals surface area (Å²) >= 11 is 0. The van der Waals surface area contributed by atoms with E-state index in [4.69, 9.17) is 15.4 Å². The molecule has 2 unspecified atom stereocenters.